The van der Waals surface area contributed by atoms with Crippen molar-refractivity contribution in [1.82, 2.24) is 10.2 Å². The average molecular weight is 292 g/mol. The highest BCUT2D eigenvalue weighted by molar-refractivity contribution is 5.76. The quantitative estimate of drug-likeness (QED) is 0.905. The molecule has 1 aromatic rings. The van der Waals surface area contributed by atoms with Crippen molar-refractivity contribution in [3.8, 4) is 0 Å². The largest absolute Gasteiger partial charge is 0.353 e. The highest BCUT2D eigenvalue weighted by Gasteiger charge is 2.21. The molecule has 21 heavy (non-hydrogen) atoms. The number of hydrogen-bond donors (Lipinski definition) is 1. The van der Waals surface area contributed by atoms with Gasteiger partial charge >= 0.3 is 0 Å². The summed E-state index contributed by atoms with van der Waals surface area (Å²) in [7, 11) is 0. The van der Waals surface area contributed by atoms with E-state index in [1.807, 2.05) is 6.07 Å². The number of carbonyl (C=O) groups is 1. The second-order valence-electron chi connectivity index (χ2n) is 6.10. The van der Waals surface area contributed by atoms with Crippen LogP contribution in [0, 0.1) is 5.82 Å². The Morgan fingerprint density at radius 3 is 2.71 bits per heavy atom. The monoisotopic (exact) mass is 292 g/mol. The van der Waals surface area contributed by atoms with Gasteiger partial charge in [-0.15, -0.1) is 0 Å². The third kappa shape index (κ3) is 5.12. The molecule has 1 saturated heterocycles. The Balaban J connectivity index is 1.71. The van der Waals surface area contributed by atoms with Gasteiger partial charge < -0.3 is 10.2 Å². The number of aryl methyl sites for hydroxylation is 1. The van der Waals surface area contributed by atoms with Crippen LogP contribution in [-0.2, 0) is 11.2 Å². The fourth-order valence-electron chi connectivity index (χ4n) is 2.81. The SMILES string of the molecule is CC(C)N1CCC(NC(=O)CCc2cccc(F)c2)CC1. The molecular formula is C17H25FN2O. The number of hydrogen-bond acceptors (Lipinski definition) is 2. The Morgan fingerprint density at radius 2 is 2.10 bits per heavy atom. The third-order valence-electron chi connectivity index (χ3n) is 4.15. The smallest absolute Gasteiger partial charge is 0.220 e. The second kappa shape index (κ2) is 7.55. The average Bonchev–Trinajstić information content (AvgIpc) is 2.46. The van der Waals surface area contributed by atoms with E-state index in [0.29, 0.717) is 24.9 Å². The van der Waals surface area contributed by atoms with E-state index in [0.717, 1.165) is 31.5 Å². The van der Waals surface area contributed by atoms with Gasteiger partial charge in [0.05, 0.1) is 0 Å². The molecule has 0 aliphatic carbocycles. The molecule has 0 unspecified atom stereocenters. The standard InChI is InChI=1S/C17H25FN2O/c1-13(2)20-10-8-16(9-11-20)19-17(21)7-6-14-4-3-5-15(18)12-14/h3-5,12-13,16H,6-11H2,1-2H3,(H,19,21). The maximum Gasteiger partial charge on any atom is 0.220 e. The van der Waals surface area contributed by atoms with E-state index < -0.39 is 0 Å². The zero-order valence-corrected chi connectivity index (χ0v) is 12.9. The molecule has 1 amide bonds. The van der Waals surface area contributed by atoms with E-state index in [9.17, 15) is 9.18 Å². The molecule has 1 fully saturated rings. The fourth-order valence-corrected chi connectivity index (χ4v) is 2.81. The molecule has 1 N–H and O–H groups in total. The van der Waals surface area contributed by atoms with Gasteiger partial charge in [-0.3, -0.25) is 4.79 Å². The number of nitrogens with one attached hydrogen (secondary N) is 1. The van der Waals surface area contributed by atoms with Crippen molar-refractivity contribution in [3.05, 3.63) is 35.6 Å². The van der Waals surface area contributed by atoms with Crippen LogP contribution in [0.4, 0.5) is 4.39 Å². The van der Waals surface area contributed by atoms with Gasteiger partial charge in [0.25, 0.3) is 0 Å². The number of piperidine rings is 1. The molecule has 2 rings (SSSR count). The Kier molecular flexibility index (Phi) is 5.74. The molecule has 0 bridgehead atoms. The van der Waals surface area contributed by atoms with Gasteiger partial charge in [-0.2, -0.15) is 0 Å². The zero-order valence-electron chi connectivity index (χ0n) is 12.9. The molecule has 0 atom stereocenters. The summed E-state index contributed by atoms with van der Waals surface area (Å²) in [5.74, 6) is -0.170. The molecule has 1 heterocycles. The van der Waals surface area contributed by atoms with Crippen LogP contribution in [0.2, 0.25) is 0 Å². The van der Waals surface area contributed by atoms with Crippen molar-refractivity contribution in [2.24, 2.45) is 0 Å². The highest BCUT2D eigenvalue weighted by Crippen LogP contribution is 2.13. The van der Waals surface area contributed by atoms with Crippen LogP contribution in [0.3, 0.4) is 0 Å². The summed E-state index contributed by atoms with van der Waals surface area (Å²) in [5.41, 5.74) is 0.875. The van der Waals surface area contributed by atoms with Crippen molar-refractivity contribution in [2.45, 2.75) is 51.6 Å². The van der Waals surface area contributed by atoms with Crippen molar-refractivity contribution in [2.75, 3.05) is 13.1 Å². The molecule has 1 aliphatic heterocycles. The van der Waals surface area contributed by atoms with Gasteiger partial charge in [0.2, 0.25) is 5.91 Å². The minimum Gasteiger partial charge on any atom is -0.353 e. The highest BCUT2D eigenvalue weighted by atomic mass is 19.1. The summed E-state index contributed by atoms with van der Waals surface area (Å²) < 4.78 is 13.1. The topological polar surface area (TPSA) is 32.3 Å². The number of rotatable bonds is 5. The van der Waals surface area contributed by atoms with Crippen molar-refractivity contribution < 1.29 is 9.18 Å². The number of likely N-dealkylation sites (tertiary alicyclic amines) is 1. The van der Waals surface area contributed by atoms with Gasteiger partial charge in [-0.25, -0.2) is 4.39 Å². The minimum absolute atomic E-state index is 0.0715. The lowest BCUT2D eigenvalue weighted by molar-refractivity contribution is -0.122. The number of nitrogens with zero attached hydrogens (tertiary/aromatic N) is 1. The summed E-state index contributed by atoms with van der Waals surface area (Å²) >= 11 is 0. The van der Waals surface area contributed by atoms with Crippen LogP contribution in [-0.4, -0.2) is 36.0 Å². The molecule has 116 valence electrons. The molecule has 0 spiro atoms. The molecule has 0 aromatic heterocycles. The zero-order chi connectivity index (χ0) is 15.2. The fraction of sp³-hybridized carbons (Fsp3) is 0.588. The van der Waals surface area contributed by atoms with Gasteiger partial charge in [0.1, 0.15) is 5.82 Å². The first-order valence-electron chi connectivity index (χ1n) is 7.82. The van der Waals surface area contributed by atoms with Gasteiger partial charge in [-0.1, -0.05) is 12.1 Å². The number of carbonyl (C=O) groups excluding carboxylic acids is 1. The first-order valence-corrected chi connectivity index (χ1v) is 7.82. The van der Waals surface area contributed by atoms with E-state index in [2.05, 4.69) is 24.1 Å². The van der Waals surface area contributed by atoms with E-state index in [1.54, 1.807) is 6.07 Å². The van der Waals surface area contributed by atoms with E-state index in [1.165, 1.54) is 12.1 Å². The summed E-state index contributed by atoms with van der Waals surface area (Å²) in [6.07, 6.45) is 3.05. The number of halogens is 1. The van der Waals surface area contributed by atoms with Crippen LogP contribution in [0.1, 0.15) is 38.7 Å². The first-order chi connectivity index (χ1) is 10.0. The third-order valence-corrected chi connectivity index (χ3v) is 4.15. The summed E-state index contributed by atoms with van der Waals surface area (Å²) in [6, 6.07) is 7.33. The maximum atomic E-state index is 13.1. The Morgan fingerprint density at radius 1 is 1.38 bits per heavy atom. The van der Waals surface area contributed by atoms with Crippen LogP contribution in [0.5, 0.6) is 0 Å². The molecule has 0 radical (unpaired) electrons. The summed E-state index contributed by atoms with van der Waals surface area (Å²) in [4.78, 5) is 14.4. The lowest BCUT2D eigenvalue weighted by Crippen LogP contribution is -2.46. The molecular weight excluding hydrogens is 267 g/mol. The van der Waals surface area contributed by atoms with Crippen molar-refractivity contribution in [3.63, 3.8) is 0 Å². The van der Waals surface area contributed by atoms with Crippen LogP contribution in [0.25, 0.3) is 0 Å². The van der Waals surface area contributed by atoms with Gasteiger partial charge in [0.15, 0.2) is 0 Å². The normalized spacial score (nSPS) is 17.1. The van der Waals surface area contributed by atoms with Crippen LogP contribution < -0.4 is 5.32 Å². The second-order valence-corrected chi connectivity index (χ2v) is 6.10. The summed E-state index contributed by atoms with van der Waals surface area (Å²) in [5, 5.41) is 3.10. The van der Waals surface area contributed by atoms with Gasteiger partial charge in [-0.05, 0) is 50.8 Å². The number of benzene rings is 1. The molecule has 1 aliphatic rings. The molecule has 3 nitrogen and oxygen atoms in total. The molecule has 0 saturated carbocycles. The predicted molar refractivity (Wildman–Crippen MR) is 82.6 cm³/mol. The molecule has 4 heteroatoms. The van der Waals surface area contributed by atoms with Crippen LogP contribution in [0.15, 0.2) is 24.3 Å². The maximum absolute atomic E-state index is 13.1. The van der Waals surface area contributed by atoms with Crippen molar-refractivity contribution in [1.29, 1.82) is 0 Å². The lowest BCUT2D eigenvalue weighted by Gasteiger charge is -2.34. The predicted octanol–water partition coefficient (Wildman–Crippen LogP) is 2.75. The van der Waals surface area contributed by atoms with Crippen LogP contribution >= 0.6 is 0 Å². The Labute approximate surface area is 126 Å². The lowest BCUT2D eigenvalue weighted by atomic mass is 10.0. The van der Waals surface area contributed by atoms with Gasteiger partial charge in [0, 0.05) is 31.6 Å². The van der Waals surface area contributed by atoms with E-state index in [4.69, 9.17) is 0 Å². The Hall–Kier alpha value is -1.42. The number of amides is 1. The summed E-state index contributed by atoms with van der Waals surface area (Å²) in [6.45, 7) is 6.51. The molecule has 1 aromatic carbocycles. The van der Waals surface area contributed by atoms with Crippen molar-refractivity contribution >= 4 is 5.91 Å². The van der Waals surface area contributed by atoms with E-state index >= 15 is 0 Å². The van der Waals surface area contributed by atoms with E-state index in [-0.39, 0.29) is 11.7 Å². The minimum atomic E-state index is -0.242. The first kappa shape index (κ1) is 16.0. The Bertz CT molecular complexity index is 468.